The maximum absolute atomic E-state index is 12.8. The van der Waals surface area contributed by atoms with Crippen LogP contribution in [0, 0.1) is 0 Å². The molecule has 1 amide bonds. The highest BCUT2D eigenvalue weighted by atomic mass is 32.2. The quantitative estimate of drug-likeness (QED) is 0.447. The lowest BCUT2D eigenvalue weighted by molar-refractivity contribution is -0.119. The van der Waals surface area contributed by atoms with Gasteiger partial charge < -0.3 is 14.6 Å². The number of imidazole rings is 1. The topological polar surface area (TPSA) is 56.1 Å². The number of carbonyl (C=O) groups is 1. The van der Waals surface area contributed by atoms with Crippen molar-refractivity contribution in [3.8, 4) is 5.75 Å². The number of nitrogens with zero attached hydrogens (tertiary/aromatic N) is 2. The van der Waals surface area contributed by atoms with Crippen LogP contribution in [0.4, 0.5) is 0 Å². The maximum Gasteiger partial charge on any atom is 0.231 e. The average Bonchev–Trinajstić information content (AvgIpc) is 3.12. The monoisotopic (exact) mass is 417 g/mol. The predicted molar refractivity (Wildman–Crippen MR) is 121 cm³/mol. The Labute approximate surface area is 180 Å². The van der Waals surface area contributed by atoms with E-state index in [0.717, 1.165) is 33.1 Å². The largest absolute Gasteiger partial charge is 0.497 e. The van der Waals surface area contributed by atoms with Gasteiger partial charge in [0.15, 0.2) is 5.16 Å². The molecule has 5 nitrogen and oxygen atoms in total. The van der Waals surface area contributed by atoms with E-state index in [4.69, 9.17) is 4.74 Å². The van der Waals surface area contributed by atoms with Gasteiger partial charge >= 0.3 is 0 Å². The number of thioether (sulfide) groups is 1. The number of ether oxygens (including phenoxy) is 1. The average molecular weight is 418 g/mol. The van der Waals surface area contributed by atoms with E-state index in [-0.39, 0.29) is 17.7 Å². The molecule has 0 fully saturated rings. The van der Waals surface area contributed by atoms with Gasteiger partial charge in [0.1, 0.15) is 5.75 Å². The molecule has 152 valence electrons. The fourth-order valence-electron chi connectivity index (χ4n) is 3.39. The molecule has 4 aromatic rings. The number of amides is 1. The van der Waals surface area contributed by atoms with E-state index >= 15 is 0 Å². The van der Waals surface area contributed by atoms with Gasteiger partial charge in [0.05, 0.1) is 29.9 Å². The van der Waals surface area contributed by atoms with Gasteiger partial charge in [0, 0.05) is 7.05 Å². The van der Waals surface area contributed by atoms with Crippen LogP contribution in [0.1, 0.15) is 17.2 Å². The minimum absolute atomic E-state index is 0.0447. The zero-order chi connectivity index (χ0) is 20.9. The van der Waals surface area contributed by atoms with Gasteiger partial charge in [-0.05, 0) is 35.4 Å². The van der Waals surface area contributed by atoms with E-state index in [1.165, 1.54) is 11.8 Å². The molecule has 1 aromatic heterocycles. The van der Waals surface area contributed by atoms with Crippen LogP contribution >= 0.6 is 11.8 Å². The third kappa shape index (κ3) is 4.33. The predicted octanol–water partition coefficient (Wildman–Crippen LogP) is 4.58. The van der Waals surface area contributed by atoms with Gasteiger partial charge in [0.2, 0.25) is 5.91 Å². The Hall–Kier alpha value is -3.25. The number of aryl methyl sites for hydroxylation is 1. The number of fused-ring (bicyclic) bond motifs is 1. The third-order valence-electron chi connectivity index (χ3n) is 4.97. The van der Waals surface area contributed by atoms with Crippen molar-refractivity contribution >= 4 is 28.7 Å². The molecule has 0 radical (unpaired) electrons. The van der Waals surface area contributed by atoms with Crippen LogP contribution in [0.25, 0.3) is 11.0 Å². The zero-order valence-electron chi connectivity index (χ0n) is 16.9. The van der Waals surface area contributed by atoms with Gasteiger partial charge in [-0.15, -0.1) is 0 Å². The van der Waals surface area contributed by atoms with E-state index in [1.54, 1.807) is 7.11 Å². The van der Waals surface area contributed by atoms with Crippen molar-refractivity contribution in [2.45, 2.75) is 11.2 Å². The van der Waals surface area contributed by atoms with Gasteiger partial charge in [-0.3, -0.25) is 4.79 Å². The normalized spacial score (nSPS) is 11.9. The van der Waals surface area contributed by atoms with E-state index < -0.39 is 0 Å². The first-order chi connectivity index (χ1) is 14.7. The van der Waals surface area contributed by atoms with Crippen LogP contribution in [0.3, 0.4) is 0 Å². The van der Waals surface area contributed by atoms with Gasteiger partial charge in [-0.25, -0.2) is 4.98 Å². The van der Waals surface area contributed by atoms with Crippen molar-refractivity contribution in [2.75, 3.05) is 12.9 Å². The molecule has 0 bridgehead atoms. The zero-order valence-corrected chi connectivity index (χ0v) is 17.7. The first-order valence-corrected chi connectivity index (χ1v) is 10.7. The van der Waals surface area contributed by atoms with E-state index in [9.17, 15) is 4.79 Å². The lowest BCUT2D eigenvalue weighted by Crippen LogP contribution is -2.30. The highest BCUT2D eigenvalue weighted by Gasteiger charge is 2.18. The molecule has 6 heteroatoms. The molecule has 0 aliphatic heterocycles. The Balaban J connectivity index is 1.50. The highest BCUT2D eigenvalue weighted by molar-refractivity contribution is 7.99. The number of hydrogen-bond donors (Lipinski definition) is 1. The van der Waals surface area contributed by atoms with Gasteiger partial charge in [0.25, 0.3) is 0 Å². The second-order valence-electron chi connectivity index (χ2n) is 6.92. The first-order valence-electron chi connectivity index (χ1n) is 9.68. The third-order valence-corrected chi connectivity index (χ3v) is 6.00. The standard InChI is InChI=1S/C24H23N3O2S/c1-27-21-11-7-6-10-20(21)25-24(27)30-16-22(28)26-23(17-8-4-3-5-9-17)18-12-14-19(29-2)15-13-18/h3-15,23H,16H2,1-2H3,(H,26,28)/t23-/m1/s1. The lowest BCUT2D eigenvalue weighted by Gasteiger charge is -2.20. The fourth-order valence-corrected chi connectivity index (χ4v) is 4.18. The number of carbonyl (C=O) groups excluding carboxylic acids is 1. The molecule has 0 aliphatic carbocycles. The van der Waals surface area contributed by atoms with E-state index in [1.807, 2.05) is 90.5 Å². The van der Waals surface area contributed by atoms with Crippen LogP contribution in [0.15, 0.2) is 84.0 Å². The van der Waals surface area contributed by atoms with Crippen LogP contribution < -0.4 is 10.1 Å². The minimum atomic E-state index is -0.231. The first kappa shape index (κ1) is 20.0. The van der Waals surface area contributed by atoms with Crippen LogP contribution in [-0.2, 0) is 11.8 Å². The van der Waals surface area contributed by atoms with Gasteiger partial charge in [-0.2, -0.15) is 0 Å². The summed E-state index contributed by atoms with van der Waals surface area (Å²) in [6.45, 7) is 0. The smallest absolute Gasteiger partial charge is 0.231 e. The summed E-state index contributed by atoms with van der Waals surface area (Å²) in [5, 5.41) is 4.00. The molecule has 1 atom stereocenters. The van der Waals surface area contributed by atoms with Crippen molar-refractivity contribution in [3.63, 3.8) is 0 Å². The Morgan fingerprint density at radius 3 is 2.37 bits per heavy atom. The second-order valence-corrected chi connectivity index (χ2v) is 7.86. The number of para-hydroxylation sites is 2. The Morgan fingerprint density at radius 2 is 1.67 bits per heavy atom. The molecule has 1 N–H and O–H groups in total. The number of nitrogens with one attached hydrogen (secondary N) is 1. The number of benzene rings is 3. The van der Waals surface area contributed by atoms with Crippen LogP contribution in [-0.4, -0.2) is 28.3 Å². The molecule has 1 heterocycles. The number of methoxy groups -OCH3 is 1. The molecule has 30 heavy (non-hydrogen) atoms. The van der Waals surface area contributed by atoms with Gasteiger partial charge in [-0.1, -0.05) is 66.4 Å². The fraction of sp³-hybridized carbons (Fsp3) is 0.167. The summed E-state index contributed by atoms with van der Waals surface area (Å²) < 4.78 is 7.28. The summed E-state index contributed by atoms with van der Waals surface area (Å²) in [7, 11) is 3.61. The molecule has 0 saturated carbocycles. The Kier molecular flexibility index (Phi) is 6.05. The molecule has 0 aliphatic rings. The minimum Gasteiger partial charge on any atom is -0.497 e. The molecule has 0 spiro atoms. The second kappa shape index (κ2) is 9.05. The van der Waals surface area contributed by atoms with Crippen molar-refractivity contribution in [1.29, 1.82) is 0 Å². The Bertz CT molecular complexity index is 1140. The summed E-state index contributed by atoms with van der Waals surface area (Å²) in [5.41, 5.74) is 4.02. The highest BCUT2D eigenvalue weighted by Crippen LogP contribution is 2.26. The molecular formula is C24H23N3O2S. The lowest BCUT2D eigenvalue weighted by atomic mass is 9.98. The molecule has 3 aromatic carbocycles. The van der Waals surface area contributed by atoms with Crippen LogP contribution in [0.2, 0.25) is 0 Å². The number of aromatic nitrogens is 2. The summed E-state index contributed by atoms with van der Waals surface area (Å²) in [5.74, 6) is 1.03. The molecule has 0 saturated heterocycles. The molecule has 4 rings (SSSR count). The maximum atomic E-state index is 12.8. The SMILES string of the molecule is COc1ccc([C@H](NC(=O)CSc2nc3ccccc3n2C)c2ccccc2)cc1. The summed E-state index contributed by atoms with van der Waals surface area (Å²) in [6.07, 6.45) is 0. The number of hydrogen-bond acceptors (Lipinski definition) is 4. The van der Waals surface area contributed by atoms with Crippen LogP contribution in [0.5, 0.6) is 5.75 Å². The van der Waals surface area contributed by atoms with E-state index in [2.05, 4.69) is 10.3 Å². The molecular weight excluding hydrogens is 394 g/mol. The summed E-state index contributed by atoms with van der Waals surface area (Å²) in [4.78, 5) is 17.5. The summed E-state index contributed by atoms with van der Waals surface area (Å²) >= 11 is 1.44. The Morgan fingerprint density at radius 1 is 1.00 bits per heavy atom. The summed E-state index contributed by atoms with van der Waals surface area (Å²) in [6, 6.07) is 25.5. The van der Waals surface area contributed by atoms with Crippen molar-refractivity contribution in [2.24, 2.45) is 7.05 Å². The van der Waals surface area contributed by atoms with Crippen molar-refractivity contribution < 1.29 is 9.53 Å². The van der Waals surface area contributed by atoms with Crippen molar-refractivity contribution in [3.05, 3.63) is 90.0 Å². The van der Waals surface area contributed by atoms with E-state index in [0.29, 0.717) is 0 Å². The number of rotatable bonds is 7. The van der Waals surface area contributed by atoms with Crippen molar-refractivity contribution in [1.82, 2.24) is 14.9 Å². The molecule has 0 unspecified atom stereocenters.